The first-order chi connectivity index (χ1) is 12.5. The number of aromatic nitrogens is 1. The Kier molecular flexibility index (Phi) is 4.10. The molecule has 2 amide bonds. The van der Waals surface area contributed by atoms with E-state index in [1.165, 1.54) is 6.07 Å². The maximum Gasteiger partial charge on any atom is 0.317 e. The van der Waals surface area contributed by atoms with Crippen LogP contribution in [-0.4, -0.2) is 53.1 Å². The Bertz CT molecular complexity index is 885. The van der Waals surface area contributed by atoms with Crippen LogP contribution in [0.4, 0.5) is 16.2 Å². The number of benzene rings is 1. The lowest BCUT2D eigenvalue weighted by molar-refractivity contribution is -0.383. The SMILES string of the molecule is Cc1cc(N2CCCC(N3CCNC3=O)C2)c2cccc([N+](=O)[O-])c2n1. The molecule has 0 saturated carbocycles. The van der Waals surface area contributed by atoms with E-state index < -0.39 is 0 Å². The van der Waals surface area contributed by atoms with E-state index in [0.717, 1.165) is 49.2 Å². The van der Waals surface area contributed by atoms with Crippen molar-refractivity contribution < 1.29 is 9.72 Å². The molecule has 0 bridgehead atoms. The second-order valence-corrected chi connectivity index (χ2v) is 6.88. The highest BCUT2D eigenvalue weighted by Gasteiger charge is 2.32. The number of nitrogens with one attached hydrogen (secondary N) is 1. The molecular weight excluding hydrogens is 334 g/mol. The van der Waals surface area contributed by atoms with Crippen LogP contribution in [0.25, 0.3) is 10.9 Å². The summed E-state index contributed by atoms with van der Waals surface area (Å²) in [5.41, 5.74) is 2.16. The number of non-ortho nitro benzene ring substituents is 1. The molecule has 8 nitrogen and oxygen atoms in total. The zero-order chi connectivity index (χ0) is 18.3. The second-order valence-electron chi connectivity index (χ2n) is 6.88. The van der Waals surface area contributed by atoms with Crippen molar-refractivity contribution in [2.45, 2.75) is 25.8 Å². The van der Waals surface area contributed by atoms with Crippen molar-refractivity contribution in [1.82, 2.24) is 15.2 Å². The number of nitro benzene ring substituents is 1. The minimum absolute atomic E-state index is 0.00301. The largest absolute Gasteiger partial charge is 0.369 e. The predicted molar refractivity (Wildman–Crippen MR) is 98.5 cm³/mol. The van der Waals surface area contributed by atoms with Gasteiger partial charge in [0.25, 0.3) is 5.69 Å². The summed E-state index contributed by atoms with van der Waals surface area (Å²) in [4.78, 5) is 31.6. The van der Waals surface area contributed by atoms with Gasteiger partial charge in [0.2, 0.25) is 0 Å². The Morgan fingerprint density at radius 1 is 1.35 bits per heavy atom. The summed E-state index contributed by atoms with van der Waals surface area (Å²) in [6.45, 7) is 4.88. The number of aryl methyl sites for hydroxylation is 1. The standard InChI is InChI=1S/C18H21N5O3/c1-12-10-16(14-5-2-6-15(23(25)26)17(14)20-12)21-8-3-4-13(11-21)22-9-7-19-18(22)24/h2,5-6,10,13H,3-4,7-9,11H2,1H3,(H,19,24). The average molecular weight is 355 g/mol. The van der Waals surface area contributed by atoms with Gasteiger partial charge in [-0.2, -0.15) is 0 Å². The van der Waals surface area contributed by atoms with E-state index in [2.05, 4.69) is 15.2 Å². The molecule has 8 heteroatoms. The monoisotopic (exact) mass is 355 g/mol. The van der Waals surface area contributed by atoms with Crippen molar-refractivity contribution in [3.63, 3.8) is 0 Å². The maximum atomic E-state index is 12.0. The minimum atomic E-state index is -0.383. The molecule has 0 radical (unpaired) electrons. The van der Waals surface area contributed by atoms with Crippen molar-refractivity contribution in [1.29, 1.82) is 0 Å². The van der Waals surface area contributed by atoms with Gasteiger partial charge < -0.3 is 15.1 Å². The number of carbonyl (C=O) groups excluding carboxylic acids is 1. The summed E-state index contributed by atoms with van der Waals surface area (Å²) in [6, 6.07) is 7.23. The molecule has 2 aliphatic rings. The van der Waals surface area contributed by atoms with Crippen molar-refractivity contribution in [3.8, 4) is 0 Å². The molecule has 1 N–H and O–H groups in total. The van der Waals surface area contributed by atoms with Gasteiger partial charge in [-0.15, -0.1) is 0 Å². The summed E-state index contributed by atoms with van der Waals surface area (Å²) in [7, 11) is 0. The molecule has 4 rings (SSSR count). The normalized spacial score (nSPS) is 20.5. The molecule has 1 atom stereocenters. The minimum Gasteiger partial charge on any atom is -0.369 e. The van der Waals surface area contributed by atoms with Crippen LogP contribution < -0.4 is 10.2 Å². The number of hydrogen-bond donors (Lipinski definition) is 1. The van der Waals surface area contributed by atoms with Crippen LogP contribution in [0.15, 0.2) is 24.3 Å². The Morgan fingerprint density at radius 3 is 2.92 bits per heavy atom. The van der Waals surface area contributed by atoms with Crippen LogP contribution in [0.5, 0.6) is 0 Å². The van der Waals surface area contributed by atoms with E-state index in [-0.39, 0.29) is 22.7 Å². The lowest BCUT2D eigenvalue weighted by Crippen LogP contribution is -2.49. The molecule has 0 spiro atoms. The van der Waals surface area contributed by atoms with E-state index in [9.17, 15) is 14.9 Å². The first-order valence-corrected chi connectivity index (χ1v) is 8.89. The Hall–Kier alpha value is -2.90. The lowest BCUT2D eigenvalue weighted by Gasteiger charge is -2.38. The van der Waals surface area contributed by atoms with E-state index in [1.54, 1.807) is 6.07 Å². The number of amides is 2. The number of nitrogens with zero attached hydrogens (tertiary/aromatic N) is 4. The summed E-state index contributed by atoms with van der Waals surface area (Å²) in [5, 5.41) is 15.0. The third-order valence-electron chi connectivity index (χ3n) is 5.19. The maximum absolute atomic E-state index is 12.0. The van der Waals surface area contributed by atoms with E-state index in [4.69, 9.17) is 0 Å². The molecule has 26 heavy (non-hydrogen) atoms. The number of nitro groups is 1. The molecular formula is C18H21N5O3. The Morgan fingerprint density at radius 2 is 2.19 bits per heavy atom. The summed E-state index contributed by atoms with van der Waals surface area (Å²) < 4.78 is 0. The predicted octanol–water partition coefficient (Wildman–Crippen LogP) is 2.45. The molecule has 2 aromatic rings. The molecule has 2 aliphatic heterocycles. The summed E-state index contributed by atoms with van der Waals surface area (Å²) >= 11 is 0. The first kappa shape index (κ1) is 16.6. The van der Waals surface area contributed by atoms with Crippen LogP contribution in [0.1, 0.15) is 18.5 Å². The molecule has 1 unspecified atom stereocenters. The number of para-hydroxylation sites is 1. The van der Waals surface area contributed by atoms with E-state index in [0.29, 0.717) is 12.1 Å². The van der Waals surface area contributed by atoms with Gasteiger partial charge in [0.15, 0.2) is 5.52 Å². The average Bonchev–Trinajstić information content (AvgIpc) is 3.06. The van der Waals surface area contributed by atoms with Crippen molar-refractivity contribution >= 4 is 28.3 Å². The molecule has 0 aliphatic carbocycles. The van der Waals surface area contributed by atoms with Gasteiger partial charge in [0.1, 0.15) is 0 Å². The number of rotatable bonds is 3. The number of pyridine rings is 1. The fourth-order valence-corrected chi connectivity index (χ4v) is 4.01. The van der Waals surface area contributed by atoms with Crippen LogP contribution in [0, 0.1) is 17.0 Å². The number of carbonyl (C=O) groups is 1. The molecule has 1 aromatic heterocycles. The fraction of sp³-hybridized carbons (Fsp3) is 0.444. The Labute approximate surface area is 150 Å². The number of piperidine rings is 1. The third kappa shape index (κ3) is 2.81. The highest BCUT2D eigenvalue weighted by atomic mass is 16.6. The van der Waals surface area contributed by atoms with Gasteiger partial charge in [0, 0.05) is 49.0 Å². The number of fused-ring (bicyclic) bond motifs is 1. The molecule has 136 valence electrons. The second kappa shape index (κ2) is 6.44. The lowest BCUT2D eigenvalue weighted by atomic mass is 10.0. The highest BCUT2D eigenvalue weighted by molar-refractivity contribution is 5.97. The van der Waals surface area contributed by atoms with Crippen molar-refractivity contribution in [3.05, 3.63) is 40.1 Å². The third-order valence-corrected chi connectivity index (χ3v) is 5.19. The Balaban J connectivity index is 1.73. The van der Waals surface area contributed by atoms with E-state index in [1.807, 2.05) is 24.0 Å². The van der Waals surface area contributed by atoms with Crippen molar-refractivity contribution in [2.75, 3.05) is 31.1 Å². The van der Waals surface area contributed by atoms with Gasteiger partial charge in [-0.1, -0.05) is 12.1 Å². The molecule has 3 heterocycles. The fourth-order valence-electron chi connectivity index (χ4n) is 4.01. The highest BCUT2D eigenvalue weighted by Crippen LogP contribution is 2.34. The van der Waals surface area contributed by atoms with Crippen molar-refractivity contribution in [2.24, 2.45) is 0 Å². The summed E-state index contributed by atoms with van der Waals surface area (Å²) in [5.74, 6) is 0. The van der Waals surface area contributed by atoms with Crippen LogP contribution in [-0.2, 0) is 0 Å². The van der Waals surface area contributed by atoms with Gasteiger partial charge in [-0.05, 0) is 25.8 Å². The number of anilines is 1. The zero-order valence-corrected chi connectivity index (χ0v) is 14.6. The summed E-state index contributed by atoms with van der Waals surface area (Å²) in [6.07, 6.45) is 1.96. The van der Waals surface area contributed by atoms with E-state index >= 15 is 0 Å². The zero-order valence-electron chi connectivity index (χ0n) is 14.6. The molecule has 2 saturated heterocycles. The number of urea groups is 1. The topological polar surface area (TPSA) is 91.6 Å². The van der Waals surface area contributed by atoms with Gasteiger partial charge in [0.05, 0.1) is 11.0 Å². The number of hydrogen-bond acceptors (Lipinski definition) is 5. The first-order valence-electron chi connectivity index (χ1n) is 8.89. The van der Waals surface area contributed by atoms with Crippen LogP contribution in [0.2, 0.25) is 0 Å². The van der Waals surface area contributed by atoms with Gasteiger partial charge in [-0.3, -0.25) is 10.1 Å². The van der Waals surface area contributed by atoms with Gasteiger partial charge in [-0.25, -0.2) is 9.78 Å². The van der Waals surface area contributed by atoms with Crippen LogP contribution in [0.3, 0.4) is 0 Å². The van der Waals surface area contributed by atoms with Crippen LogP contribution >= 0.6 is 0 Å². The molecule has 2 fully saturated rings. The quantitative estimate of drug-likeness (QED) is 0.674. The van der Waals surface area contributed by atoms with Gasteiger partial charge >= 0.3 is 6.03 Å². The smallest absolute Gasteiger partial charge is 0.317 e. The molecule has 1 aromatic carbocycles.